The third-order valence-corrected chi connectivity index (χ3v) is 2.46. The number of halogens is 3. The zero-order valence-electron chi connectivity index (χ0n) is 10.9. The number of methoxy groups -OCH3 is 1. The van der Waals surface area contributed by atoms with Crippen molar-refractivity contribution < 1.29 is 22.8 Å². The molecule has 1 N–H and O–H groups in total. The summed E-state index contributed by atoms with van der Waals surface area (Å²) in [5.74, 6) is -0.0119. The molecule has 0 aliphatic rings. The van der Waals surface area contributed by atoms with Crippen molar-refractivity contribution in [3.8, 4) is 0 Å². The van der Waals surface area contributed by atoms with E-state index in [1.54, 1.807) is 6.92 Å². The van der Waals surface area contributed by atoms with Gasteiger partial charge in [-0.1, -0.05) is 6.92 Å². The molecule has 9 heteroatoms. The Hall–Kier alpha value is -1.90. The number of ether oxygens (including phenoxy) is 1. The number of aromatic nitrogens is 1. The van der Waals surface area contributed by atoms with Gasteiger partial charge in [0, 0.05) is 13.7 Å². The van der Waals surface area contributed by atoms with E-state index in [0.29, 0.717) is 18.9 Å². The summed E-state index contributed by atoms with van der Waals surface area (Å²) in [6, 6.07) is 0.637. The van der Waals surface area contributed by atoms with Crippen LogP contribution in [-0.2, 0) is 10.9 Å². The van der Waals surface area contributed by atoms with Gasteiger partial charge in [-0.05, 0) is 12.0 Å². The van der Waals surface area contributed by atoms with Crippen LogP contribution in [0.3, 0.4) is 0 Å². The van der Waals surface area contributed by atoms with Crippen LogP contribution in [-0.4, -0.2) is 30.2 Å². The molecule has 0 saturated carbocycles. The van der Waals surface area contributed by atoms with E-state index < -0.39 is 22.5 Å². The van der Waals surface area contributed by atoms with Crippen LogP contribution in [0.1, 0.15) is 12.6 Å². The smallest absolute Gasteiger partial charge is 0.384 e. The standard InChI is InChI=1S/C11H14F3N3O3/c1-7(6-20-2)4-15-8-3-10(11(12,13)14)16-5-9(8)17(18)19/h3,5,7H,4,6H2,1-2H3,(H,15,16). The number of nitro groups is 1. The summed E-state index contributed by atoms with van der Waals surface area (Å²) in [6.45, 7) is 2.43. The Morgan fingerprint density at radius 3 is 2.70 bits per heavy atom. The van der Waals surface area contributed by atoms with E-state index in [-0.39, 0.29) is 18.2 Å². The Labute approximate surface area is 113 Å². The second-order valence-electron chi connectivity index (χ2n) is 4.28. The highest BCUT2D eigenvalue weighted by Gasteiger charge is 2.34. The van der Waals surface area contributed by atoms with E-state index in [1.807, 2.05) is 0 Å². The summed E-state index contributed by atoms with van der Waals surface area (Å²) in [7, 11) is 1.49. The van der Waals surface area contributed by atoms with Gasteiger partial charge in [0.05, 0.1) is 11.5 Å². The minimum absolute atomic E-state index is 0.0119. The molecule has 0 spiro atoms. The molecule has 6 nitrogen and oxygen atoms in total. The molecule has 1 rings (SSSR count). The van der Waals surface area contributed by atoms with Crippen LogP contribution < -0.4 is 5.32 Å². The van der Waals surface area contributed by atoms with E-state index in [9.17, 15) is 23.3 Å². The summed E-state index contributed by atoms with van der Waals surface area (Å²) in [5, 5.41) is 13.4. The zero-order chi connectivity index (χ0) is 15.3. The van der Waals surface area contributed by atoms with Gasteiger partial charge in [0.25, 0.3) is 0 Å². The molecule has 0 aliphatic heterocycles. The first-order valence-electron chi connectivity index (χ1n) is 5.70. The molecular formula is C11H14F3N3O3. The Morgan fingerprint density at radius 2 is 2.20 bits per heavy atom. The molecule has 1 heterocycles. The molecule has 112 valence electrons. The normalized spacial score (nSPS) is 13.1. The van der Waals surface area contributed by atoms with E-state index in [2.05, 4.69) is 10.3 Å². The van der Waals surface area contributed by atoms with Crippen LogP contribution in [0.5, 0.6) is 0 Å². The first-order valence-corrected chi connectivity index (χ1v) is 5.70. The Bertz CT molecular complexity index is 480. The maximum Gasteiger partial charge on any atom is 0.433 e. The second-order valence-corrected chi connectivity index (χ2v) is 4.28. The SMILES string of the molecule is COCC(C)CNc1cc(C(F)(F)F)ncc1[N+](=O)[O-]. The van der Waals surface area contributed by atoms with Gasteiger partial charge in [-0.2, -0.15) is 13.2 Å². The molecule has 0 bridgehead atoms. The fourth-order valence-corrected chi connectivity index (χ4v) is 1.52. The van der Waals surface area contributed by atoms with Crippen molar-refractivity contribution >= 4 is 11.4 Å². The van der Waals surface area contributed by atoms with Crippen molar-refractivity contribution in [3.63, 3.8) is 0 Å². The molecule has 1 aromatic rings. The van der Waals surface area contributed by atoms with Crippen LogP contribution in [0.15, 0.2) is 12.3 Å². The fraction of sp³-hybridized carbons (Fsp3) is 0.545. The summed E-state index contributed by atoms with van der Waals surface area (Å²) in [6.07, 6.45) is -4.05. The molecule has 0 radical (unpaired) electrons. The molecule has 0 aromatic carbocycles. The van der Waals surface area contributed by atoms with Gasteiger partial charge in [0.2, 0.25) is 0 Å². The van der Waals surface area contributed by atoms with E-state index >= 15 is 0 Å². The number of hydrogen-bond acceptors (Lipinski definition) is 5. The summed E-state index contributed by atoms with van der Waals surface area (Å²) >= 11 is 0. The molecule has 0 aliphatic carbocycles. The van der Waals surface area contributed by atoms with E-state index in [0.717, 1.165) is 0 Å². The average Bonchev–Trinajstić information content (AvgIpc) is 2.35. The van der Waals surface area contributed by atoms with Gasteiger partial charge in [0.15, 0.2) is 0 Å². The highest BCUT2D eigenvalue weighted by Crippen LogP contribution is 2.32. The lowest BCUT2D eigenvalue weighted by molar-refractivity contribution is -0.384. The third-order valence-electron chi connectivity index (χ3n) is 2.46. The lowest BCUT2D eigenvalue weighted by Crippen LogP contribution is -2.17. The van der Waals surface area contributed by atoms with Crippen LogP contribution in [0.4, 0.5) is 24.5 Å². The van der Waals surface area contributed by atoms with Crippen molar-refractivity contribution in [3.05, 3.63) is 28.1 Å². The number of alkyl halides is 3. The third kappa shape index (κ3) is 4.34. The molecule has 1 aromatic heterocycles. The first kappa shape index (κ1) is 16.2. The monoisotopic (exact) mass is 293 g/mol. The topological polar surface area (TPSA) is 77.3 Å². The van der Waals surface area contributed by atoms with Gasteiger partial charge in [-0.25, -0.2) is 4.98 Å². The molecule has 1 unspecified atom stereocenters. The summed E-state index contributed by atoms with van der Waals surface area (Å²) in [4.78, 5) is 13.1. The maximum absolute atomic E-state index is 12.5. The van der Waals surface area contributed by atoms with Gasteiger partial charge in [-0.3, -0.25) is 10.1 Å². The quantitative estimate of drug-likeness (QED) is 0.644. The number of anilines is 1. The number of hydrogen-bond donors (Lipinski definition) is 1. The minimum atomic E-state index is -4.65. The van der Waals surface area contributed by atoms with Gasteiger partial charge >= 0.3 is 11.9 Å². The average molecular weight is 293 g/mol. The minimum Gasteiger partial charge on any atom is -0.384 e. The van der Waals surface area contributed by atoms with Crippen LogP contribution in [0.2, 0.25) is 0 Å². The first-order chi connectivity index (χ1) is 9.25. The lowest BCUT2D eigenvalue weighted by atomic mass is 10.2. The number of nitrogens with zero attached hydrogens (tertiary/aromatic N) is 2. The van der Waals surface area contributed by atoms with Gasteiger partial charge < -0.3 is 10.1 Å². The van der Waals surface area contributed by atoms with Gasteiger partial charge in [0.1, 0.15) is 17.6 Å². The lowest BCUT2D eigenvalue weighted by Gasteiger charge is -2.14. The highest BCUT2D eigenvalue weighted by molar-refractivity contribution is 5.61. The van der Waals surface area contributed by atoms with Gasteiger partial charge in [-0.15, -0.1) is 0 Å². The highest BCUT2D eigenvalue weighted by atomic mass is 19.4. The summed E-state index contributed by atoms with van der Waals surface area (Å²) in [5.41, 5.74) is -1.88. The van der Waals surface area contributed by atoms with Crippen LogP contribution in [0, 0.1) is 16.0 Å². The van der Waals surface area contributed by atoms with E-state index in [4.69, 9.17) is 4.74 Å². The number of rotatable bonds is 6. The van der Waals surface area contributed by atoms with Crippen molar-refractivity contribution in [1.82, 2.24) is 4.98 Å². The molecule has 0 saturated heterocycles. The van der Waals surface area contributed by atoms with Crippen LogP contribution in [0.25, 0.3) is 0 Å². The predicted molar refractivity (Wildman–Crippen MR) is 65.4 cm³/mol. The Kier molecular flexibility index (Phi) is 5.26. The molecular weight excluding hydrogens is 279 g/mol. The van der Waals surface area contributed by atoms with Crippen molar-refractivity contribution in [2.75, 3.05) is 25.6 Å². The molecule has 1 atom stereocenters. The summed E-state index contributed by atoms with van der Waals surface area (Å²) < 4.78 is 42.5. The second kappa shape index (κ2) is 6.51. The molecule has 0 amide bonds. The van der Waals surface area contributed by atoms with E-state index in [1.165, 1.54) is 7.11 Å². The largest absolute Gasteiger partial charge is 0.433 e. The van der Waals surface area contributed by atoms with Crippen molar-refractivity contribution in [2.45, 2.75) is 13.1 Å². The zero-order valence-corrected chi connectivity index (χ0v) is 10.9. The van der Waals surface area contributed by atoms with Crippen LogP contribution >= 0.6 is 0 Å². The molecule has 20 heavy (non-hydrogen) atoms. The number of nitrogens with one attached hydrogen (secondary N) is 1. The fourth-order valence-electron chi connectivity index (χ4n) is 1.52. The maximum atomic E-state index is 12.5. The predicted octanol–water partition coefficient (Wildman–Crippen LogP) is 2.70. The Morgan fingerprint density at radius 1 is 1.55 bits per heavy atom. The molecule has 0 fully saturated rings. The number of pyridine rings is 1. The van der Waals surface area contributed by atoms with Crippen molar-refractivity contribution in [2.24, 2.45) is 5.92 Å². The Balaban J connectivity index is 2.98. The van der Waals surface area contributed by atoms with Crippen molar-refractivity contribution in [1.29, 1.82) is 0 Å².